The Balaban J connectivity index is 2.28. The first-order valence-electron chi connectivity index (χ1n) is 5.54. The molecule has 0 aromatic heterocycles. The Hall–Kier alpha value is -1.76. The van der Waals surface area contributed by atoms with Crippen LogP contribution in [-0.2, 0) is 0 Å². The molecular formula is C13H13N. The van der Waals surface area contributed by atoms with Gasteiger partial charge in [0, 0.05) is 18.4 Å². The second-order valence-electron chi connectivity index (χ2n) is 3.08. The Bertz CT molecular complexity index is 417. The number of nitrogens with zero attached hydrogens (tertiary/aromatic N) is 1. The van der Waals surface area contributed by atoms with E-state index < -0.39 is 0 Å². The maximum absolute atomic E-state index is 7.42. The van der Waals surface area contributed by atoms with Crippen molar-refractivity contribution in [3.63, 3.8) is 0 Å². The van der Waals surface area contributed by atoms with Crippen molar-refractivity contribution in [2.24, 2.45) is 0 Å². The monoisotopic (exact) mass is 185 g/mol. The molecule has 0 aliphatic heterocycles. The van der Waals surface area contributed by atoms with Gasteiger partial charge in [0.25, 0.3) is 0 Å². The molecule has 14 heavy (non-hydrogen) atoms. The van der Waals surface area contributed by atoms with Crippen molar-refractivity contribution in [2.45, 2.75) is 0 Å². The van der Waals surface area contributed by atoms with Crippen LogP contribution in [0.3, 0.4) is 0 Å². The van der Waals surface area contributed by atoms with E-state index in [0.717, 1.165) is 11.4 Å². The third-order valence-electron chi connectivity index (χ3n) is 2.18. The smallest absolute Gasteiger partial charge is 0.0623 e. The number of rotatable bonds is 2. The van der Waals surface area contributed by atoms with Gasteiger partial charge in [0.15, 0.2) is 0 Å². The van der Waals surface area contributed by atoms with Crippen LogP contribution in [0.5, 0.6) is 0 Å². The van der Waals surface area contributed by atoms with E-state index >= 15 is 0 Å². The van der Waals surface area contributed by atoms with Crippen molar-refractivity contribution < 1.29 is 2.74 Å². The number of para-hydroxylation sites is 2. The first-order chi connectivity index (χ1) is 7.66. The van der Waals surface area contributed by atoms with E-state index in [1.165, 1.54) is 0 Å². The lowest BCUT2D eigenvalue weighted by Gasteiger charge is -2.18. The lowest BCUT2D eigenvalue weighted by atomic mass is 10.2. The zero-order chi connectivity index (χ0) is 11.5. The molecule has 0 N–H and O–H groups in total. The van der Waals surface area contributed by atoms with Crippen LogP contribution in [0.2, 0.25) is 0 Å². The fourth-order valence-electron chi connectivity index (χ4n) is 1.35. The molecule has 0 saturated carbocycles. The zero-order valence-corrected chi connectivity index (χ0v) is 8.07. The van der Waals surface area contributed by atoms with E-state index in [-0.39, 0.29) is 0 Å². The number of hydrogen-bond donors (Lipinski definition) is 0. The Morgan fingerprint density at radius 3 is 1.57 bits per heavy atom. The second kappa shape index (κ2) is 3.97. The van der Waals surface area contributed by atoms with E-state index in [4.69, 9.17) is 2.74 Å². The molecule has 0 aliphatic carbocycles. The summed E-state index contributed by atoms with van der Waals surface area (Å²) in [5.41, 5.74) is 2.07. The van der Waals surface area contributed by atoms with Crippen LogP contribution in [0.4, 0.5) is 11.4 Å². The van der Waals surface area contributed by atoms with Gasteiger partial charge in [-0.2, -0.15) is 0 Å². The first kappa shape index (κ1) is 6.66. The van der Waals surface area contributed by atoms with Gasteiger partial charge in [0.2, 0.25) is 0 Å². The maximum Gasteiger partial charge on any atom is 0.0623 e. The van der Waals surface area contributed by atoms with E-state index in [1.54, 1.807) is 24.3 Å². The van der Waals surface area contributed by atoms with Gasteiger partial charge in [-0.1, -0.05) is 36.4 Å². The van der Waals surface area contributed by atoms with Gasteiger partial charge in [0.05, 0.1) is 2.74 Å². The first-order valence-corrected chi connectivity index (χ1v) is 4.54. The minimum atomic E-state index is 0.513. The molecule has 0 aliphatic rings. The van der Waals surface area contributed by atoms with Crippen LogP contribution in [0.15, 0.2) is 60.6 Å². The highest BCUT2D eigenvalue weighted by Gasteiger charge is 2.00. The third kappa shape index (κ3) is 1.77. The molecule has 0 saturated heterocycles. The molecule has 1 nitrogen and oxygen atoms in total. The lowest BCUT2D eigenvalue weighted by Crippen LogP contribution is -2.08. The van der Waals surface area contributed by atoms with Crippen LogP contribution in [0.1, 0.15) is 2.74 Å². The third-order valence-corrected chi connectivity index (χ3v) is 2.18. The van der Waals surface area contributed by atoms with Crippen molar-refractivity contribution >= 4 is 11.4 Å². The van der Waals surface area contributed by atoms with Gasteiger partial charge < -0.3 is 4.90 Å². The van der Waals surface area contributed by atoms with Crippen LogP contribution in [-0.4, -0.2) is 7.05 Å². The Morgan fingerprint density at radius 2 is 1.21 bits per heavy atom. The highest BCUT2D eigenvalue weighted by molar-refractivity contribution is 5.61. The summed E-state index contributed by atoms with van der Waals surface area (Å²) in [4.78, 5) is 2.03. The van der Waals surface area contributed by atoms with Gasteiger partial charge in [-0.05, 0) is 24.3 Å². The Kier molecular flexibility index (Phi) is 1.89. The Labute approximate surface area is 87.4 Å². The van der Waals surface area contributed by atoms with E-state index in [0.29, 0.717) is 12.1 Å². The average Bonchev–Trinajstić information content (AvgIpc) is 2.30. The molecule has 0 spiro atoms. The Morgan fingerprint density at radius 1 is 0.857 bits per heavy atom. The number of hydrogen-bond acceptors (Lipinski definition) is 1. The van der Waals surface area contributed by atoms with Gasteiger partial charge in [0.1, 0.15) is 0 Å². The molecule has 2 aromatic carbocycles. The second-order valence-corrected chi connectivity index (χ2v) is 3.08. The molecule has 2 aromatic rings. The summed E-state index contributed by atoms with van der Waals surface area (Å²) >= 11 is 0. The lowest BCUT2D eigenvalue weighted by molar-refractivity contribution is 1.21. The van der Waals surface area contributed by atoms with Gasteiger partial charge in [-0.15, -0.1) is 0 Å². The predicted octanol–water partition coefficient (Wildman–Crippen LogP) is 3.45. The molecule has 0 radical (unpaired) electrons. The van der Waals surface area contributed by atoms with Crippen LogP contribution >= 0.6 is 0 Å². The molecule has 0 amide bonds. The minimum Gasteiger partial charge on any atom is -0.345 e. The topological polar surface area (TPSA) is 3.24 Å². The molecule has 2 rings (SSSR count). The summed E-state index contributed by atoms with van der Waals surface area (Å²) in [6.07, 6.45) is 0. The van der Waals surface area contributed by atoms with E-state index in [2.05, 4.69) is 0 Å². The summed E-state index contributed by atoms with van der Waals surface area (Å²) in [5, 5.41) is 0. The van der Waals surface area contributed by atoms with E-state index in [9.17, 15) is 0 Å². The van der Waals surface area contributed by atoms with Crippen molar-refractivity contribution in [1.29, 1.82) is 0 Å². The minimum absolute atomic E-state index is 0.513. The van der Waals surface area contributed by atoms with Gasteiger partial charge >= 0.3 is 0 Å². The molecule has 0 bridgehead atoms. The van der Waals surface area contributed by atoms with Crippen molar-refractivity contribution in [3.05, 3.63) is 60.6 Å². The fraction of sp³-hybridized carbons (Fsp3) is 0.0769. The van der Waals surface area contributed by atoms with Crippen molar-refractivity contribution in [3.8, 4) is 0 Å². The number of benzene rings is 2. The summed E-state index contributed by atoms with van der Waals surface area (Å²) < 4.78 is 14.8. The molecule has 0 heterocycles. The van der Waals surface area contributed by atoms with Crippen molar-refractivity contribution in [1.82, 2.24) is 0 Å². The summed E-state index contributed by atoms with van der Waals surface area (Å²) in [6.45, 7) is 0. The quantitative estimate of drug-likeness (QED) is 0.692. The fourth-order valence-corrected chi connectivity index (χ4v) is 1.35. The molecule has 0 unspecified atom stereocenters. The van der Waals surface area contributed by atoms with Crippen LogP contribution in [0, 0.1) is 0 Å². The molecule has 70 valence electrons. The molecular weight excluding hydrogens is 170 g/mol. The summed E-state index contributed by atoms with van der Waals surface area (Å²) in [6, 6.07) is 15.8. The highest BCUT2D eigenvalue weighted by atomic mass is 15.1. The van der Waals surface area contributed by atoms with Crippen molar-refractivity contribution in [2.75, 3.05) is 11.9 Å². The van der Waals surface area contributed by atoms with Gasteiger partial charge in [-0.3, -0.25) is 0 Å². The van der Waals surface area contributed by atoms with E-state index in [1.807, 2.05) is 36.2 Å². The maximum atomic E-state index is 7.42. The zero-order valence-electron chi connectivity index (χ0n) is 10.1. The van der Waals surface area contributed by atoms with Crippen LogP contribution < -0.4 is 4.90 Å². The highest BCUT2D eigenvalue weighted by Crippen LogP contribution is 2.21. The standard InChI is InChI=1S/C13H13N/c1-14(12-8-4-2-5-9-12)13-10-6-3-7-11-13/h2-11H,1H3/i2D,3D. The summed E-state index contributed by atoms with van der Waals surface area (Å²) in [5.74, 6) is 0. The largest absolute Gasteiger partial charge is 0.345 e. The molecule has 0 fully saturated rings. The SMILES string of the molecule is [2H]c1ccc(N(C)c2ccc([2H])cc2)cc1. The van der Waals surface area contributed by atoms with Gasteiger partial charge in [-0.25, -0.2) is 0 Å². The molecule has 0 atom stereocenters. The van der Waals surface area contributed by atoms with Crippen LogP contribution in [0.25, 0.3) is 0 Å². The predicted molar refractivity (Wildman–Crippen MR) is 60.9 cm³/mol. The normalized spacial score (nSPS) is 11.8. The molecule has 1 heteroatoms. The average molecular weight is 185 g/mol. The number of anilines is 2. The summed E-state index contributed by atoms with van der Waals surface area (Å²) in [7, 11) is 1.97.